The molecule has 3 rings (SSSR count). The summed E-state index contributed by atoms with van der Waals surface area (Å²) < 4.78 is 5.70. The fourth-order valence-electron chi connectivity index (χ4n) is 2.72. The maximum Gasteiger partial charge on any atom is 0.134 e. The molecule has 20 heavy (non-hydrogen) atoms. The quantitative estimate of drug-likeness (QED) is 0.754. The van der Waals surface area contributed by atoms with Crippen molar-refractivity contribution in [3.05, 3.63) is 71.5 Å². The van der Waals surface area contributed by atoms with E-state index in [1.54, 1.807) is 0 Å². The van der Waals surface area contributed by atoms with Crippen LogP contribution in [0, 0.1) is 6.92 Å². The molecule has 2 aromatic carbocycles. The smallest absolute Gasteiger partial charge is 0.134 e. The first-order valence-electron chi connectivity index (χ1n) is 7.06. The molecule has 0 aliphatic carbocycles. The number of aryl methyl sites for hydroxylation is 1. The van der Waals surface area contributed by atoms with Crippen molar-refractivity contribution in [1.29, 1.82) is 0 Å². The summed E-state index contributed by atoms with van der Waals surface area (Å²) in [5, 5.41) is 4.76. The van der Waals surface area contributed by atoms with E-state index in [1.165, 1.54) is 22.1 Å². The Morgan fingerprint density at radius 3 is 2.55 bits per heavy atom. The molecule has 0 amide bonds. The number of rotatable bonds is 4. The molecule has 1 unspecified atom stereocenters. The number of furan rings is 1. The van der Waals surface area contributed by atoms with Gasteiger partial charge in [0.05, 0.1) is 12.3 Å². The highest BCUT2D eigenvalue weighted by molar-refractivity contribution is 5.82. The largest absolute Gasteiger partial charge is 0.464 e. The van der Waals surface area contributed by atoms with Crippen molar-refractivity contribution in [2.75, 3.05) is 6.54 Å². The topological polar surface area (TPSA) is 25.2 Å². The number of hydrogen-bond donors (Lipinski definition) is 1. The normalized spacial score (nSPS) is 12.7. The van der Waals surface area contributed by atoms with Crippen LogP contribution >= 0.6 is 0 Å². The molecule has 1 N–H and O–H groups in total. The number of para-hydroxylation sites is 1. The minimum Gasteiger partial charge on any atom is -0.464 e. The van der Waals surface area contributed by atoms with Crippen molar-refractivity contribution in [3.8, 4) is 0 Å². The fourth-order valence-corrected chi connectivity index (χ4v) is 2.72. The first kappa shape index (κ1) is 12.9. The number of hydrogen-bond acceptors (Lipinski definition) is 2. The summed E-state index contributed by atoms with van der Waals surface area (Å²) in [7, 11) is 0. The molecule has 102 valence electrons. The molecular formula is C18H19NO. The minimum atomic E-state index is 0.171. The summed E-state index contributed by atoms with van der Waals surface area (Å²) in [5.74, 6) is 0. The van der Waals surface area contributed by atoms with Crippen LogP contribution < -0.4 is 5.32 Å². The van der Waals surface area contributed by atoms with Crippen molar-refractivity contribution in [2.24, 2.45) is 0 Å². The number of benzene rings is 2. The van der Waals surface area contributed by atoms with Gasteiger partial charge in [0, 0.05) is 10.9 Å². The van der Waals surface area contributed by atoms with E-state index < -0.39 is 0 Å². The third-order valence-corrected chi connectivity index (χ3v) is 3.73. The van der Waals surface area contributed by atoms with E-state index in [1.807, 2.05) is 18.4 Å². The molecule has 1 atom stereocenters. The van der Waals surface area contributed by atoms with E-state index in [0.717, 1.165) is 12.1 Å². The van der Waals surface area contributed by atoms with Gasteiger partial charge in [0.15, 0.2) is 0 Å². The molecule has 3 aromatic rings. The second-order valence-electron chi connectivity index (χ2n) is 5.03. The minimum absolute atomic E-state index is 0.171. The van der Waals surface area contributed by atoms with Crippen molar-refractivity contribution in [2.45, 2.75) is 19.9 Å². The Labute approximate surface area is 119 Å². The van der Waals surface area contributed by atoms with Gasteiger partial charge < -0.3 is 9.73 Å². The van der Waals surface area contributed by atoms with Gasteiger partial charge in [-0.15, -0.1) is 0 Å². The van der Waals surface area contributed by atoms with E-state index in [9.17, 15) is 0 Å². The van der Waals surface area contributed by atoms with Gasteiger partial charge >= 0.3 is 0 Å². The second kappa shape index (κ2) is 5.51. The molecule has 2 nitrogen and oxygen atoms in total. The van der Waals surface area contributed by atoms with Crippen LogP contribution in [0.25, 0.3) is 11.0 Å². The van der Waals surface area contributed by atoms with E-state index in [-0.39, 0.29) is 6.04 Å². The zero-order valence-electron chi connectivity index (χ0n) is 11.9. The molecule has 2 heteroatoms. The molecule has 0 radical (unpaired) electrons. The van der Waals surface area contributed by atoms with Crippen LogP contribution in [-0.2, 0) is 0 Å². The summed E-state index contributed by atoms with van der Waals surface area (Å²) in [5.41, 5.74) is 4.75. The fraction of sp³-hybridized carbons (Fsp3) is 0.222. The lowest BCUT2D eigenvalue weighted by atomic mass is 9.94. The lowest BCUT2D eigenvalue weighted by molar-refractivity contribution is 0.583. The molecular weight excluding hydrogens is 246 g/mol. The van der Waals surface area contributed by atoms with Crippen LogP contribution in [0.3, 0.4) is 0 Å². The van der Waals surface area contributed by atoms with Crippen molar-refractivity contribution in [1.82, 2.24) is 5.32 Å². The molecule has 0 bridgehead atoms. The van der Waals surface area contributed by atoms with Gasteiger partial charge in [-0.05, 0) is 30.7 Å². The van der Waals surface area contributed by atoms with Crippen LogP contribution in [0.4, 0.5) is 0 Å². The lowest BCUT2D eigenvalue weighted by Crippen LogP contribution is -2.22. The van der Waals surface area contributed by atoms with Crippen LogP contribution in [0.15, 0.2) is 59.2 Å². The van der Waals surface area contributed by atoms with Crippen molar-refractivity contribution in [3.63, 3.8) is 0 Å². The Kier molecular flexibility index (Phi) is 3.57. The Hall–Kier alpha value is -2.06. The summed E-state index contributed by atoms with van der Waals surface area (Å²) in [6, 6.07) is 16.9. The van der Waals surface area contributed by atoms with Crippen LogP contribution in [0.2, 0.25) is 0 Å². The first-order valence-corrected chi connectivity index (χ1v) is 7.06. The average Bonchev–Trinajstić information content (AvgIpc) is 2.90. The highest BCUT2D eigenvalue weighted by Crippen LogP contribution is 2.31. The SMILES string of the molecule is CCNC(c1ccccc1C)c1coc2ccccc12. The number of nitrogens with one attached hydrogen (secondary N) is 1. The maximum atomic E-state index is 5.70. The highest BCUT2D eigenvalue weighted by Gasteiger charge is 2.19. The highest BCUT2D eigenvalue weighted by atomic mass is 16.3. The second-order valence-corrected chi connectivity index (χ2v) is 5.03. The molecule has 0 spiro atoms. The molecule has 0 aliphatic heterocycles. The molecule has 0 aliphatic rings. The average molecular weight is 265 g/mol. The predicted molar refractivity (Wildman–Crippen MR) is 82.9 cm³/mol. The van der Waals surface area contributed by atoms with Crippen LogP contribution in [0.5, 0.6) is 0 Å². The van der Waals surface area contributed by atoms with Gasteiger partial charge in [-0.25, -0.2) is 0 Å². The Morgan fingerprint density at radius 2 is 1.75 bits per heavy atom. The van der Waals surface area contributed by atoms with Gasteiger partial charge in [-0.3, -0.25) is 0 Å². The Balaban J connectivity index is 2.14. The zero-order valence-corrected chi connectivity index (χ0v) is 11.9. The van der Waals surface area contributed by atoms with E-state index in [0.29, 0.717) is 0 Å². The van der Waals surface area contributed by atoms with Crippen molar-refractivity contribution < 1.29 is 4.42 Å². The van der Waals surface area contributed by atoms with Crippen LogP contribution in [-0.4, -0.2) is 6.54 Å². The van der Waals surface area contributed by atoms with Crippen molar-refractivity contribution >= 4 is 11.0 Å². The lowest BCUT2D eigenvalue weighted by Gasteiger charge is -2.19. The molecule has 1 heterocycles. The third-order valence-electron chi connectivity index (χ3n) is 3.73. The predicted octanol–water partition coefficient (Wildman–Crippen LogP) is 4.44. The van der Waals surface area contributed by atoms with Gasteiger partial charge in [-0.2, -0.15) is 0 Å². The van der Waals surface area contributed by atoms with Gasteiger partial charge in [0.2, 0.25) is 0 Å². The summed E-state index contributed by atoms with van der Waals surface area (Å²) >= 11 is 0. The maximum absolute atomic E-state index is 5.70. The number of fused-ring (bicyclic) bond motifs is 1. The van der Waals surface area contributed by atoms with Gasteiger partial charge in [-0.1, -0.05) is 49.4 Å². The van der Waals surface area contributed by atoms with Gasteiger partial charge in [0.1, 0.15) is 5.58 Å². The zero-order chi connectivity index (χ0) is 13.9. The standard InChI is InChI=1S/C18H19NO/c1-3-19-18(14-9-5-4-8-13(14)2)16-12-20-17-11-7-6-10-15(16)17/h4-12,18-19H,3H2,1-2H3. The first-order chi connectivity index (χ1) is 9.81. The Morgan fingerprint density at radius 1 is 1.00 bits per heavy atom. The van der Waals surface area contributed by atoms with Crippen LogP contribution in [0.1, 0.15) is 29.7 Å². The summed E-state index contributed by atoms with van der Waals surface area (Å²) in [4.78, 5) is 0. The van der Waals surface area contributed by atoms with Gasteiger partial charge in [0.25, 0.3) is 0 Å². The molecule has 0 fully saturated rings. The third kappa shape index (κ3) is 2.23. The Bertz CT molecular complexity index is 714. The molecule has 0 saturated heterocycles. The summed E-state index contributed by atoms with van der Waals surface area (Å²) in [6.07, 6.45) is 1.88. The monoisotopic (exact) mass is 265 g/mol. The van der Waals surface area contributed by atoms with E-state index in [4.69, 9.17) is 4.42 Å². The van der Waals surface area contributed by atoms with E-state index in [2.05, 4.69) is 55.6 Å². The molecule has 1 aromatic heterocycles. The molecule has 0 saturated carbocycles. The summed E-state index contributed by atoms with van der Waals surface area (Å²) in [6.45, 7) is 5.20. The van der Waals surface area contributed by atoms with E-state index >= 15 is 0 Å².